The van der Waals surface area contributed by atoms with Gasteiger partial charge in [-0.1, -0.05) is 105 Å². The zero-order chi connectivity index (χ0) is 25.7. The van der Waals surface area contributed by atoms with Crippen molar-refractivity contribution < 1.29 is 23.8 Å². The van der Waals surface area contributed by atoms with Crippen LogP contribution < -0.4 is 14.2 Å². The van der Waals surface area contributed by atoms with E-state index >= 15 is 0 Å². The van der Waals surface area contributed by atoms with Crippen molar-refractivity contribution in [2.45, 2.75) is 130 Å². The van der Waals surface area contributed by atoms with Crippen LogP contribution in [0, 0.1) is 5.92 Å². The van der Waals surface area contributed by atoms with E-state index in [-0.39, 0.29) is 23.4 Å². The molecule has 35 heavy (non-hydrogen) atoms. The number of carbonyl (C=O) groups is 2. The third-order valence-electron chi connectivity index (χ3n) is 5.92. The lowest BCUT2D eigenvalue weighted by molar-refractivity contribution is -0.137. The molecule has 0 atom stereocenters. The molecule has 0 unspecified atom stereocenters. The summed E-state index contributed by atoms with van der Waals surface area (Å²) in [4.78, 5) is 24.9. The second-order valence-electron chi connectivity index (χ2n) is 10.0. The van der Waals surface area contributed by atoms with Crippen LogP contribution in [0.5, 0.6) is 17.2 Å². The lowest BCUT2D eigenvalue weighted by atomic mass is 10.1. The molecular formula is C30H50O5. The normalized spacial score (nSPS) is 11.0. The summed E-state index contributed by atoms with van der Waals surface area (Å²) >= 11 is 0. The van der Waals surface area contributed by atoms with Gasteiger partial charge in [-0.15, -0.1) is 0 Å². The molecule has 1 rings (SSSR count). The van der Waals surface area contributed by atoms with E-state index < -0.39 is 0 Å². The molecule has 0 spiro atoms. The number of carbonyl (C=O) groups excluding carboxylic acids is 2. The molecule has 0 amide bonds. The van der Waals surface area contributed by atoms with Gasteiger partial charge in [0.15, 0.2) is 11.5 Å². The van der Waals surface area contributed by atoms with Gasteiger partial charge in [0.05, 0.1) is 6.61 Å². The third-order valence-corrected chi connectivity index (χ3v) is 5.92. The van der Waals surface area contributed by atoms with E-state index in [2.05, 4.69) is 27.7 Å². The topological polar surface area (TPSA) is 61.8 Å². The lowest BCUT2D eigenvalue weighted by Crippen LogP contribution is -2.12. The number of benzene rings is 1. The van der Waals surface area contributed by atoms with Crippen LogP contribution in [0.25, 0.3) is 0 Å². The molecule has 0 saturated heterocycles. The van der Waals surface area contributed by atoms with E-state index in [1.165, 1.54) is 51.4 Å². The highest BCUT2D eigenvalue weighted by atomic mass is 16.6. The Balaban J connectivity index is 2.58. The Hall–Kier alpha value is -2.04. The standard InChI is InChI=1S/C30H50O5/c1-5-7-9-11-13-15-17-19-29(31)34-27-22-21-26(33-24-25(3)4)23-28(27)35-30(32)20-18-16-14-12-10-8-6-2/h21-23,25H,5-20,24H2,1-4H3. The first-order chi connectivity index (χ1) is 17.0. The summed E-state index contributed by atoms with van der Waals surface area (Å²) in [6.07, 6.45) is 16.7. The van der Waals surface area contributed by atoms with Gasteiger partial charge in [0, 0.05) is 18.9 Å². The summed E-state index contributed by atoms with van der Waals surface area (Å²) in [5, 5.41) is 0. The number of ether oxygens (including phenoxy) is 3. The van der Waals surface area contributed by atoms with Crippen LogP contribution in [0.3, 0.4) is 0 Å². The van der Waals surface area contributed by atoms with E-state index in [9.17, 15) is 9.59 Å². The van der Waals surface area contributed by atoms with E-state index in [1.807, 2.05) is 0 Å². The van der Waals surface area contributed by atoms with Gasteiger partial charge in [-0.25, -0.2) is 0 Å². The highest BCUT2D eigenvalue weighted by Crippen LogP contribution is 2.33. The van der Waals surface area contributed by atoms with Crippen molar-refractivity contribution in [2.24, 2.45) is 5.92 Å². The molecule has 1 aromatic rings. The predicted octanol–water partition coefficient (Wildman–Crippen LogP) is 8.81. The van der Waals surface area contributed by atoms with Crippen LogP contribution in [-0.2, 0) is 9.59 Å². The van der Waals surface area contributed by atoms with Gasteiger partial charge in [-0.05, 0) is 30.9 Å². The second kappa shape index (κ2) is 20.2. The zero-order valence-corrected chi connectivity index (χ0v) is 22.9. The zero-order valence-electron chi connectivity index (χ0n) is 22.9. The SMILES string of the molecule is CCCCCCCCCC(=O)Oc1ccc(OCC(C)C)cc1OC(=O)CCCCCCCCC. The molecule has 0 radical (unpaired) electrons. The monoisotopic (exact) mass is 490 g/mol. The number of rotatable bonds is 21. The molecule has 1 aromatic carbocycles. The van der Waals surface area contributed by atoms with E-state index in [1.54, 1.807) is 18.2 Å². The minimum atomic E-state index is -0.302. The molecule has 0 fully saturated rings. The molecule has 200 valence electrons. The Morgan fingerprint density at radius 1 is 0.657 bits per heavy atom. The summed E-state index contributed by atoms with van der Waals surface area (Å²) in [6.45, 7) is 9.12. The van der Waals surface area contributed by atoms with Gasteiger partial charge in [-0.3, -0.25) is 9.59 Å². The average molecular weight is 491 g/mol. The van der Waals surface area contributed by atoms with Gasteiger partial charge in [0.1, 0.15) is 5.75 Å². The van der Waals surface area contributed by atoms with Crippen LogP contribution in [0.4, 0.5) is 0 Å². The fraction of sp³-hybridized carbons (Fsp3) is 0.733. The van der Waals surface area contributed by atoms with Crippen molar-refractivity contribution in [2.75, 3.05) is 6.61 Å². The number of hydrogen-bond acceptors (Lipinski definition) is 5. The smallest absolute Gasteiger partial charge is 0.311 e. The number of unbranched alkanes of at least 4 members (excludes halogenated alkanes) is 12. The fourth-order valence-corrected chi connectivity index (χ4v) is 3.81. The molecule has 5 heteroatoms. The molecule has 0 N–H and O–H groups in total. The Bertz CT molecular complexity index is 698. The van der Waals surface area contributed by atoms with Crippen molar-refractivity contribution in [3.63, 3.8) is 0 Å². The third kappa shape index (κ3) is 16.3. The van der Waals surface area contributed by atoms with Crippen molar-refractivity contribution in [3.8, 4) is 17.2 Å². The van der Waals surface area contributed by atoms with Gasteiger partial charge in [-0.2, -0.15) is 0 Å². The van der Waals surface area contributed by atoms with Crippen molar-refractivity contribution in [1.82, 2.24) is 0 Å². The maximum absolute atomic E-state index is 12.5. The minimum absolute atomic E-state index is 0.257. The molecule has 0 aromatic heterocycles. The molecule has 5 nitrogen and oxygen atoms in total. The highest BCUT2D eigenvalue weighted by molar-refractivity contribution is 5.76. The summed E-state index contributed by atoms with van der Waals surface area (Å²) in [5.41, 5.74) is 0. The van der Waals surface area contributed by atoms with Gasteiger partial charge >= 0.3 is 11.9 Å². The Morgan fingerprint density at radius 3 is 1.60 bits per heavy atom. The average Bonchev–Trinajstić information content (AvgIpc) is 2.83. The molecule has 0 heterocycles. The number of esters is 2. The van der Waals surface area contributed by atoms with Gasteiger partial charge in [0.25, 0.3) is 0 Å². The van der Waals surface area contributed by atoms with Crippen molar-refractivity contribution in [3.05, 3.63) is 18.2 Å². The largest absolute Gasteiger partial charge is 0.493 e. The van der Waals surface area contributed by atoms with Crippen LogP contribution in [0.15, 0.2) is 18.2 Å². The summed E-state index contributed by atoms with van der Waals surface area (Å²) in [5.74, 6) is 0.916. The minimum Gasteiger partial charge on any atom is -0.493 e. The molecule has 0 bridgehead atoms. The van der Waals surface area contributed by atoms with Crippen LogP contribution >= 0.6 is 0 Å². The molecule has 0 aliphatic carbocycles. The van der Waals surface area contributed by atoms with Crippen LogP contribution in [0.2, 0.25) is 0 Å². The highest BCUT2D eigenvalue weighted by Gasteiger charge is 2.16. The predicted molar refractivity (Wildman–Crippen MR) is 143 cm³/mol. The quantitative estimate of drug-likeness (QED) is 0.0978. The molecular weight excluding hydrogens is 440 g/mol. The van der Waals surface area contributed by atoms with E-state index in [0.717, 1.165) is 38.5 Å². The molecule has 0 aliphatic rings. The van der Waals surface area contributed by atoms with Crippen LogP contribution in [-0.4, -0.2) is 18.5 Å². The Kier molecular flexibility index (Phi) is 17.9. The summed E-state index contributed by atoms with van der Waals surface area (Å²) < 4.78 is 17.0. The van der Waals surface area contributed by atoms with Crippen molar-refractivity contribution in [1.29, 1.82) is 0 Å². The molecule has 0 aliphatic heterocycles. The maximum atomic E-state index is 12.5. The maximum Gasteiger partial charge on any atom is 0.311 e. The van der Waals surface area contributed by atoms with Crippen molar-refractivity contribution >= 4 is 11.9 Å². The number of hydrogen-bond donors (Lipinski definition) is 0. The second-order valence-corrected chi connectivity index (χ2v) is 10.0. The van der Waals surface area contributed by atoms with E-state index in [4.69, 9.17) is 14.2 Å². The first kappa shape index (κ1) is 31.0. The Morgan fingerprint density at radius 2 is 1.11 bits per heavy atom. The molecule has 0 saturated carbocycles. The summed E-state index contributed by atoms with van der Waals surface area (Å²) in [7, 11) is 0. The summed E-state index contributed by atoms with van der Waals surface area (Å²) in [6, 6.07) is 5.07. The first-order valence-corrected chi connectivity index (χ1v) is 14.1. The van der Waals surface area contributed by atoms with Gasteiger partial charge in [0.2, 0.25) is 0 Å². The first-order valence-electron chi connectivity index (χ1n) is 14.1. The lowest BCUT2D eigenvalue weighted by Gasteiger charge is -2.14. The fourth-order valence-electron chi connectivity index (χ4n) is 3.81. The van der Waals surface area contributed by atoms with E-state index in [0.29, 0.717) is 31.1 Å². The van der Waals surface area contributed by atoms with Crippen LogP contribution in [0.1, 0.15) is 130 Å². The Labute approximate surface area is 214 Å². The van der Waals surface area contributed by atoms with Gasteiger partial charge < -0.3 is 14.2 Å².